The van der Waals surface area contributed by atoms with E-state index in [9.17, 15) is 4.79 Å². The second-order valence-corrected chi connectivity index (χ2v) is 6.83. The SMILES string of the molecule is O=C1CCCn2cc(cn2)Nc2ncc3nnn(c3n2)-c2ccc(cc2)CC1. The molecule has 0 fully saturated rings. The minimum atomic E-state index is 0.275. The quantitative estimate of drug-likeness (QED) is 0.504. The Kier molecular flexibility index (Phi) is 4.04. The third-order valence-corrected chi connectivity index (χ3v) is 4.80. The summed E-state index contributed by atoms with van der Waals surface area (Å²) in [6.07, 6.45) is 7.87. The molecule has 1 aromatic carbocycles. The van der Waals surface area contributed by atoms with Crippen LogP contribution in [0.1, 0.15) is 24.8 Å². The predicted molar refractivity (Wildman–Crippen MR) is 103 cm³/mol. The maximum atomic E-state index is 12.2. The summed E-state index contributed by atoms with van der Waals surface area (Å²) in [4.78, 5) is 21.1. The Morgan fingerprint density at radius 2 is 1.93 bits per heavy atom. The van der Waals surface area contributed by atoms with Gasteiger partial charge in [0.2, 0.25) is 5.95 Å². The topological polar surface area (TPSA) is 103 Å². The van der Waals surface area contributed by atoms with Crippen LogP contribution in [0.5, 0.6) is 0 Å². The van der Waals surface area contributed by atoms with E-state index in [1.165, 1.54) is 0 Å². The number of carbonyl (C=O) groups is 1. The second-order valence-electron chi connectivity index (χ2n) is 6.83. The summed E-state index contributed by atoms with van der Waals surface area (Å²) in [6, 6.07) is 7.97. The minimum Gasteiger partial charge on any atom is -0.321 e. The van der Waals surface area contributed by atoms with Gasteiger partial charge in [0.1, 0.15) is 5.78 Å². The van der Waals surface area contributed by atoms with Crippen molar-refractivity contribution in [2.24, 2.45) is 0 Å². The van der Waals surface area contributed by atoms with Crippen LogP contribution >= 0.6 is 0 Å². The lowest BCUT2D eigenvalue weighted by atomic mass is 10.0. The fraction of sp³-hybridized carbons (Fsp3) is 0.263. The molecule has 3 aromatic heterocycles. The van der Waals surface area contributed by atoms with Crippen LogP contribution in [0.15, 0.2) is 42.9 Å². The highest BCUT2D eigenvalue weighted by atomic mass is 16.1. The van der Waals surface area contributed by atoms with Crippen LogP contribution in [-0.2, 0) is 17.8 Å². The monoisotopic (exact) mass is 374 g/mol. The lowest BCUT2D eigenvalue weighted by Crippen LogP contribution is -2.05. The number of Topliss-reactive ketones (excluding diaryl/α,β-unsaturated/α-hetero) is 1. The van der Waals surface area contributed by atoms with E-state index < -0.39 is 0 Å². The normalized spacial score (nSPS) is 14.8. The number of rotatable bonds is 0. The van der Waals surface area contributed by atoms with Crippen LogP contribution in [0.4, 0.5) is 11.6 Å². The van der Waals surface area contributed by atoms with E-state index in [1.54, 1.807) is 17.1 Å². The van der Waals surface area contributed by atoms with Crippen molar-refractivity contribution < 1.29 is 4.79 Å². The first-order chi connectivity index (χ1) is 13.7. The van der Waals surface area contributed by atoms with Gasteiger partial charge in [-0.15, -0.1) is 5.10 Å². The van der Waals surface area contributed by atoms with Gasteiger partial charge in [0, 0.05) is 25.6 Å². The van der Waals surface area contributed by atoms with Gasteiger partial charge in [0.15, 0.2) is 11.2 Å². The van der Waals surface area contributed by atoms with Gasteiger partial charge in [-0.3, -0.25) is 9.48 Å². The molecule has 28 heavy (non-hydrogen) atoms. The maximum absolute atomic E-state index is 12.2. The van der Waals surface area contributed by atoms with Gasteiger partial charge in [-0.2, -0.15) is 14.8 Å². The highest BCUT2D eigenvalue weighted by Gasteiger charge is 2.12. The fourth-order valence-corrected chi connectivity index (χ4v) is 3.29. The van der Waals surface area contributed by atoms with Gasteiger partial charge in [0.25, 0.3) is 0 Å². The molecular formula is C19H18N8O. The zero-order chi connectivity index (χ0) is 18.9. The minimum absolute atomic E-state index is 0.275. The predicted octanol–water partition coefficient (Wildman–Crippen LogP) is 2.45. The molecular weight excluding hydrogens is 356 g/mol. The summed E-state index contributed by atoms with van der Waals surface area (Å²) in [6.45, 7) is 0.693. The highest BCUT2D eigenvalue weighted by molar-refractivity contribution is 5.78. The molecule has 9 heteroatoms. The number of hydrogen-bond acceptors (Lipinski definition) is 7. The van der Waals surface area contributed by atoms with Crippen molar-refractivity contribution in [3.8, 4) is 5.69 Å². The molecule has 0 saturated heterocycles. The Balaban J connectivity index is 1.56. The number of aromatic nitrogens is 7. The standard InChI is InChI=1S/C19H18N8O/c28-16-2-1-9-26-12-14(10-21-26)22-19-20-11-17-18(23-19)27(25-24-17)15-6-3-13(4-7-15)5-8-16/h3-4,6-7,10-12H,1-2,5,8-9H2,(H,20,22,23). The second kappa shape index (κ2) is 6.84. The molecule has 5 heterocycles. The zero-order valence-corrected chi connectivity index (χ0v) is 15.1. The van der Waals surface area contributed by atoms with Crippen molar-refractivity contribution in [3.05, 3.63) is 48.4 Å². The lowest BCUT2D eigenvalue weighted by molar-refractivity contribution is -0.119. The Morgan fingerprint density at radius 1 is 1.04 bits per heavy atom. The van der Waals surface area contributed by atoms with Crippen molar-refractivity contribution in [3.63, 3.8) is 0 Å². The number of benzene rings is 1. The average molecular weight is 374 g/mol. The van der Waals surface area contributed by atoms with Crippen molar-refractivity contribution in [2.75, 3.05) is 5.32 Å². The van der Waals surface area contributed by atoms with Gasteiger partial charge in [0.05, 0.1) is 23.8 Å². The molecule has 0 saturated carbocycles. The average Bonchev–Trinajstić information content (AvgIpc) is 3.33. The van der Waals surface area contributed by atoms with Gasteiger partial charge >= 0.3 is 0 Å². The van der Waals surface area contributed by atoms with Crippen LogP contribution < -0.4 is 5.32 Å². The summed E-state index contributed by atoms with van der Waals surface area (Å²) < 4.78 is 3.50. The largest absolute Gasteiger partial charge is 0.321 e. The van der Waals surface area contributed by atoms with E-state index in [1.807, 2.05) is 35.1 Å². The molecule has 2 aliphatic rings. The summed E-state index contributed by atoms with van der Waals surface area (Å²) in [5.74, 6) is 0.723. The van der Waals surface area contributed by atoms with Crippen LogP contribution in [-0.4, -0.2) is 40.5 Å². The fourth-order valence-electron chi connectivity index (χ4n) is 3.29. The first kappa shape index (κ1) is 16.5. The van der Waals surface area contributed by atoms with E-state index >= 15 is 0 Å². The molecule has 9 nitrogen and oxygen atoms in total. The summed E-state index contributed by atoms with van der Waals surface area (Å²) in [7, 11) is 0. The van der Waals surface area contributed by atoms with E-state index in [2.05, 4.69) is 30.7 Å². The van der Waals surface area contributed by atoms with E-state index in [0.717, 1.165) is 29.8 Å². The van der Waals surface area contributed by atoms with Crippen molar-refractivity contribution in [1.82, 2.24) is 34.7 Å². The van der Waals surface area contributed by atoms with Crippen molar-refractivity contribution in [2.45, 2.75) is 32.2 Å². The lowest BCUT2D eigenvalue weighted by Gasteiger charge is -2.06. The molecule has 0 radical (unpaired) electrons. The Labute approximate surface area is 160 Å². The third kappa shape index (κ3) is 3.22. The van der Waals surface area contributed by atoms with Gasteiger partial charge in [-0.1, -0.05) is 17.3 Å². The van der Waals surface area contributed by atoms with Gasteiger partial charge < -0.3 is 5.32 Å². The molecule has 0 spiro atoms. The third-order valence-electron chi connectivity index (χ3n) is 4.80. The van der Waals surface area contributed by atoms with Crippen LogP contribution in [0, 0.1) is 0 Å². The van der Waals surface area contributed by atoms with Crippen LogP contribution in [0.25, 0.3) is 16.9 Å². The number of aryl methyl sites for hydroxylation is 2. The zero-order valence-electron chi connectivity index (χ0n) is 15.1. The number of anilines is 2. The summed E-state index contributed by atoms with van der Waals surface area (Å²) in [5, 5.41) is 15.9. The molecule has 1 N–H and O–H groups in total. The number of nitrogens with zero attached hydrogens (tertiary/aromatic N) is 7. The molecule has 0 atom stereocenters. The number of carbonyl (C=O) groups excluding carboxylic acids is 1. The molecule has 140 valence electrons. The number of nitrogens with one attached hydrogen (secondary N) is 1. The first-order valence-corrected chi connectivity index (χ1v) is 9.23. The van der Waals surface area contributed by atoms with E-state index in [-0.39, 0.29) is 5.78 Å². The number of ketones is 1. The van der Waals surface area contributed by atoms with E-state index in [4.69, 9.17) is 0 Å². The van der Waals surface area contributed by atoms with Crippen LogP contribution in [0.3, 0.4) is 0 Å². The number of hydrogen-bond donors (Lipinski definition) is 1. The summed E-state index contributed by atoms with van der Waals surface area (Å²) in [5.41, 5.74) is 4.00. The molecule has 6 bridgehead atoms. The van der Waals surface area contributed by atoms with Crippen molar-refractivity contribution in [1.29, 1.82) is 0 Å². The first-order valence-electron chi connectivity index (χ1n) is 9.23. The highest BCUT2D eigenvalue weighted by Crippen LogP contribution is 2.19. The maximum Gasteiger partial charge on any atom is 0.229 e. The number of fused-ring (bicyclic) bond motifs is 7. The summed E-state index contributed by atoms with van der Waals surface area (Å²) >= 11 is 0. The van der Waals surface area contributed by atoms with Crippen molar-refractivity contribution >= 4 is 28.6 Å². The molecule has 0 aliphatic carbocycles. The molecule has 6 rings (SSSR count). The Morgan fingerprint density at radius 3 is 2.82 bits per heavy atom. The molecule has 0 unspecified atom stereocenters. The molecule has 2 aliphatic heterocycles. The smallest absolute Gasteiger partial charge is 0.229 e. The molecule has 4 aromatic rings. The Hall–Kier alpha value is -3.62. The van der Waals surface area contributed by atoms with Gasteiger partial charge in [-0.25, -0.2) is 4.98 Å². The van der Waals surface area contributed by atoms with Gasteiger partial charge in [-0.05, 0) is 30.5 Å². The molecule has 0 amide bonds. The Bertz CT molecular complexity index is 1140. The van der Waals surface area contributed by atoms with E-state index in [0.29, 0.717) is 36.5 Å². The van der Waals surface area contributed by atoms with Crippen LogP contribution in [0.2, 0.25) is 0 Å².